The lowest BCUT2D eigenvalue weighted by Gasteiger charge is -2.44. The molecule has 3 fully saturated rings. The molecule has 0 radical (unpaired) electrons. The fourth-order valence-electron chi connectivity index (χ4n) is 6.27. The largest absolute Gasteiger partial charge is 0.299 e. The van der Waals surface area contributed by atoms with Gasteiger partial charge in [-0.25, -0.2) is 0 Å². The molecule has 4 bridgehead atoms. The van der Waals surface area contributed by atoms with Gasteiger partial charge < -0.3 is 0 Å². The number of Topliss-reactive ketones (excluding diaryl/α,β-unsaturated/α-hetero) is 1. The number of carbonyl (C=O) groups excluding carboxylic acids is 1. The van der Waals surface area contributed by atoms with Gasteiger partial charge in [0.2, 0.25) is 0 Å². The maximum Gasteiger partial charge on any atom is 0.140 e. The van der Waals surface area contributed by atoms with E-state index in [0.29, 0.717) is 41.3 Å². The summed E-state index contributed by atoms with van der Waals surface area (Å²) in [7, 11) is 0. The van der Waals surface area contributed by atoms with Crippen molar-refractivity contribution in [2.45, 2.75) is 32.1 Å². The maximum atomic E-state index is 13.2. The van der Waals surface area contributed by atoms with E-state index in [-0.39, 0.29) is 0 Å². The Hall–Kier alpha value is -0.850. The lowest BCUT2D eigenvalue weighted by atomic mass is 9.59. The second kappa shape index (κ2) is 3.62. The van der Waals surface area contributed by atoms with Gasteiger partial charge >= 0.3 is 0 Å². The van der Waals surface area contributed by atoms with Crippen LogP contribution in [-0.4, -0.2) is 5.78 Å². The van der Waals surface area contributed by atoms with Crippen molar-refractivity contribution in [2.24, 2.45) is 47.3 Å². The minimum absolute atomic E-state index is 0.395. The van der Waals surface area contributed by atoms with Crippen LogP contribution in [0.25, 0.3) is 0 Å². The van der Waals surface area contributed by atoms with Crippen LogP contribution >= 0.6 is 0 Å². The second-order valence-electron chi connectivity index (χ2n) is 7.60. The number of hydrogen-bond donors (Lipinski definition) is 0. The predicted molar refractivity (Wildman–Crippen MR) is 74.3 cm³/mol. The smallest absolute Gasteiger partial charge is 0.140 e. The fourth-order valence-corrected chi connectivity index (χ4v) is 6.27. The van der Waals surface area contributed by atoms with Gasteiger partial charge in [0.15, 0.2) is 0 Å². The van der Waals surface area contributed by atoms with Gasteiger partial charge in [-0.15, -0.1) is 0 Å². The van der Waals surface area contributed by atoms with Crippen molar-refractivity contribution in [1.29, 1.82) is 0 Å². The van der Waals surface area contributed by atoms with E-state index in [0.717, 1.165) is 11.8 Å². The monoisotopic (exact) mass is 254 g/mol. The third-order valence-electron chi connectivity index (χ3n) is 7.02. The first-order valence-electron chi connectivity index (χ1n) is 8.23. The zero-order valence-corrected chi connectivity index (χ0v) is 11.4. The molecule has 0 amide bonds. The summed E-state index contributed by atoms with van der Waals surface area (Å²) in [6.07, 6.45) is 16.1. The minimum atomic E-state index is 0.395. The molecular weight excluding hydrogens is 232 g/mol. The molecule has 8 atom stereocenters. The summed E-state index contributed by atoms with van der Waals surface area (Å²) in [5.41, 5.74) is 0. The molecule has 0 saturated heterocycles. The number of hydrogen-bond acceptors (Lipinski definition) is 1. The number of carbonyl (C=O) groups is 1. The van der Waals surface area contributed by atoms with Gasteiger partial charge in [-0.2, -0.15) is 0 Å². The summed E-state index contributed by atoms with van der Waals surface area (Å²) < 4.78 is 0. The number of fused-ring (bicyclic) bond motifs is 6. The van der Waals surface area contributed by atoms with Crippen molar-refractivity contribution in [3.05, 3.63) is 24.3 Å². The third-order valence-corrected chi connectivity index (χ3v) is 7.02. The van der Waals surface area contributed by atoms with Crippen molar-refractivity contribution in [3.63, 3.8) is 0 Å². The summed E-state index contributed by atoms with van der Waals surface area (Å²) in [4.78, 5) is 13.2. The molecule has 6 rings (SSSR count). The molecule has 6 aliphatic carbocycles. The SMILES string of the molecule is O=C1[C@@H]2[C@H](CC[C@H]3[C@@H]1[C@H]1C=C[C@@H]3C1)[C@@H]1C=C[C@H]2CC1. The van der Waals surface area contributed by atoms with Gasteiger partial charge in [-0.1, -0.05) is 24.3 Å². The summed E-state index contributed by atoms with van der Waals surface area (Å²) in [5.74, 6) is 5.52. The average molecular weight is 254 g/mol. The van der Waals surface area contributed by atoms with Crippen LogP contribution in [0.3, 0.4) is 0 Å². The molecule has 100 valence electrons. The van der Waals surface area contributed by atoms with E-state index in [2.05, 4.69) is 24.3 Å². The summed E-state index contributed by atoms with van der Waals surface area (Å²) in [6.45, 7) is 0. The van der Waals surface area contributed by atoms with Crippen LogP contribution in [0, 0.1) is 47.3 Å². The summed E-state index contributed by atoms with van der Waals surface area (Å²) in [6, 6.07) is 0. The van der Waals surface area contributed by atoms with Gasteiger partial charge in [0.25, 0.3) is 0 Å². The van der Waals surface area contributed by atoms with E-state index in [4.69, 9.17) is 0 Å². The van der Waals surface area contributed by atoms with Gasteiger partial charge in [-0.05, 0) is 67.6 Å². The Morgan fingerprint density at radius 3 is 2.05 bits per heavy atom. The first kappa shape index (κ1) is 10.9. The predicted octanol–water partition coefficient (Wildman–Crippen LogP) is 3.62. The highest BCUT2D eigenvalue weighted by atomic mass is 16.1. The van der Waals surface area contributed by atoms with Crippen LogP contribution in [0.4, 0.5) is 0 Å². The lowest BCUT2D eigenvalue weighted by molar-refractivity contribution is -0.133. The van der Waals surface area contributed by atoms with Crippen molar-refractivity contribution in [2.75, 3.05) is 0 Å². The quantitative estimate of drug-likeness (QED) is 0.603. The molecule has 0 unspecified atom stereocenters. The van der Waals surface area contributed by atoms with Crippen LogP contribution < -0.4 is 0 Å². The zero-order valence-electron chi connectivity index (χ0n) is 11.4. The van der Waals surface area contributed by atoms with Crippen molar-refractivity contribution >= 4 is 5.78 Å². The number of allylic oxidation sites excluding steroid dienone is 4. The Morgan fingerprint density at radius 1 is 0.684 bits per heavy atom. The Bertz CT molecular complexity index is 488. The van der Waals surface area contributed by atoms with E-state index in [1.165, 1.54) is 32.1 Å². The van der Waals surface area contributed by atoms with Crippen LogP contribution in [0.1, 0.15) is 32.1 Å². The second-order valence-corrected chi connectivity index (χ2v) is 7.60. The summed E-state index contributed by atoms with van der Waals surface area (Å²) in [5, 5.41) is 0. The molecule has 19 heavy (non-hydrogen) atoms. The molecule has 6 aliphatic rings. The first-order valence-corrected chi connectivity index (χ1v) is 8.23. The Kier molecular flexibility index (Phi) is 2.07. The number of ketones is 1. The topological polar surface area (TPSA) is 17.1 Å². The highest BCUT2D eigenvalue weighted by Gasteiger charge is 2.55. The van der Waals surface area contributed by atoms with Crippen LogP contribution in [0.15, 0.2) is 24.3 Å². The normalized spacial score (nSPS) is 57.2. The van der Waals surface area contributed by atoms with Crippen molar-refractivity contribution in [1.82, 2.24) is 0 Å². The molecule has 0 heterocycles. The Labute approximate surface area is 115 Å². The van der Waals surface area contributed by atoms with Gasteiger partial charge in [0, 0.05) is 11.8 Å². The van der Waals surface area contributed by atoms with E-state index < -0.39 is 0 Å². The van der Waals surface area contributed by atoms with Crippen LogP contribution in [0.2, 0.25) is 0 Å². The standard InChI is InChI=1S/C18H22O/c19-18-16-11-3-1-10(2-4-11)14(16)7-8-15-12-5-6-13(9-12)17(15)18/h1,3,5-6,10-17H,2,4,7-9H2/t10-,11+,12-,13+,14-,15-,16+,17+/m1/s1. The van der Waals surface area contributed by atoms with E-state index >= 15 is 0 Å². The van der Waals surface area contributed by atoms with Gasteiger partial charge in [0.1, 0.15) is 5.78 Å². The minimum Gasteiger partial charge on any atom is -0.299 e. The highest BCUT2D eigenvalue weighted by Crippen LogP contribution is 2.58. The van der Waals surface area contributed by atoms with Crippen LogP contribution in [-0.2, 0) is 4.79 Å². The van der Waals surface area contributed by atoms with Crippen molar-refractivity contribution < 1.29 is 4.79 Å². The summed E-state index contributed by atoms with van der Waals surface area (Å²) >= 11 is 0. The average Bonchev–Trinajstić information content (AvgIpc) is 3.01. The molecule has 0 aliphatic heterocycles. The molecule has 3 saturated carbocycles. The first-order chi connectivity index (χ1) is 9.33. The molecule has 0 aromatic heterocycles. The van der Waals surface area contributed by atoms with Crippen LogP contribution in [0.5, 0.6) is 0 Å². The maximum absolute atomic E-state index is 13.2. The van der Waals surface area contributed by atoms with Gasteiger partial charge in [0.05, 0.1) is 0 Å². The molecule has 0 aromatic rings. The number of rotatable bonds is 0. The molecular formula is C18H22O. The Morgan fingerprint density at radius 2 is 1.26 bits per heavy atom. The van der Waals surface area contributed by atoms with Crippen molar-refractivity contribution in [3.8, 4) is 0 Å². The highest BCUT2D eigenvalue weighted by molar-refractivity contribution is 5.86. The van der Waals surface area contributed by atoms with E-state index in [9.17, 15) is 4.79 Å². The van der Waals surface area contributed by atoms with Gasteiger partial charge in [-0.3, -0.25) is 4.79 Å². The Balaban J connectivity index is 1.56. The lowest BCUT2D eigenvalue weighted by Crippen LogP contribution is -2.43. The van der Waals surface area contributed by atoms with E-state index in [1.807, 2.05) is 0 Å². The molecule has 0 aromatic carbocycles. The fraction of sp³-hybridized carbons (Fsp3) is 0.722. The molecule has 1 nitrogen and oxygen atoms in total. The van der Waals surface area contributed by atoms with E-state index in [1.54, 1.807) is 0 Å². The molecule has 0 spiro atoms. The third kappa shape index (κ3) is 1.29. The molecule has 0 N–H and O–H groups in total. The molecule has 1 heteroatoms. The zero-order chi connectivity index (χ0) is 12.6.